The summed E-state index contributed by atoms with van der Waals surface area (Å²) in [7, 11) is 0. The minimum atomic E-state index is 1.21. The lowest BCUT2D eigenvalue weighted by Gasteiger charge is -2.17. The summed E-state index contributed by atoms with van der Waals surface area (Å²) in [5.74, 6) is 0. The summed E-state index contributed by atoms with van der Waals surface area (Å²) in [6, 6.07) is 0. The summed E-state index contributed by atoms with van der Waals surface area (Å²) >= 11 is 0. The van der Waals surface area contributed by atoms with Crippen LogP contribution in [-0.2, 0) is 0 Å². The molecule has 0 spiro atoms. The lowest BCUT2D eigenvalue weighted by Crippen LogP contribution is -2.23. The molecule has 0 aromatic carbocycles. The molecule has 0 N–H and O–H groups in total. The highest BCUT2D eigenvalue weighted by Crippen LogP contribution is 2.06. The molecule has 0 fully saturated rings. The zero-order valence-electron chi connectivity index (χ0n) is 11.0. The van der Waals surface area contributed by atoms with E-state index >= 15 is 0 Å². The van der Waals surface area contributed by atoms with Gasteiger partial charge in [0.1, 0.15) is 0 Å². The van der Waals surface area contributed by atoms with Crippen LogP contribution in [0.3, 0.4) is 0 Å². The van der Waals surface area contributed by atoms with E-state index in [1.807, 2.05) is 0 Å². The van der Waals surface area contributed by atoms with Crippen molar-refractivity contribution in [1.29, 1.82) is 0 Å². The molecular formula is C14H29N. The molecule has 0 aromatic heterocycles. The summed E-state index contributed by atoms with van der Waals surface area (Å²) in [5.41, 5.74) is 0. The van der Waals surface area contributed by atoms with Crippen LogP contribution in [0.4, 0.5) is 0 Å². The molecule has 0 unspecified atom stereocenters. The van der Waals surface area contributed by atoms with Crippen LogP contribution in [0.2, 0.25) is 0 Å². The van der Waals surface area contributed by atoms with Crippen LogP contribution in [0.15, 0.2) is 12.2 Å². The lowest BCUT2D eigenvalue weighted by atomic mass is 10.1. The first-order valence-corrected chi connectivity index (χ1v) is 6.68. The van der Waals surface area contributed by atoms with E-state index in [0.717, 1.165) is 0 Å². The number of hydrogen-bond donors (Lipinski definition) is 0. The lowest BCUT2D eigenvalue weighted by molar-refractivity contribution is 0.295. The molecule has 0 heterocycles. The molecule has 1 nitrogen and oxygen atoms in total. The van der Waals surface area contributed by atoms with Crippen molar-refractivity contribution in [3.8, 4) is 0 Å². The maximum atomic E-state index is 2.51. The molecule has 0 saturated carbocycles. The van der Waals surface area contributed by atoms with E-state index in [-0.39, 0.29) is 0 Å². The van der Waals surface area contributed by atoms with Gasteiger partial charge in [0.05, 0.1) is 0 Å². The maximum absolute atomic E-state index is 2.51. The predicted octanol–water partition coefficient (Wildman–Crippen LogP) is 4.24. The van der Waals surface area contributed by atoms with Gasteiger partial charge < -0.3 is 4.90 Å². The summed E-state index contributed by atoms with van der Waals surface area (Å²) in [5, 5.41) is 0. The van der Waals surface area contributed by atoms with Crippen molar-refractivity contribution in [3.63, 3.8) is 0 Å². The second-order valence-corrected chi connectivity index (χ2v) is 4.15. The second kappa shape index (κ2) is 11.8. The van der Waals surface area contributed by atoms with Crippen LogP contribution in [-0.4, -0.2) is 24.5 Å². The smallest absolute Gasteiger partial charge is 0.00190 e. The van der Waals surface area contributed by atoms with Gasteiger partial charge in [-0.2, -0.15) is 0 Å². The summed E-state index contributed by atoms with van der Waals surface area (Å²) in [4.78, 5) is 2.51. The molecule has 0 aromatic rings. The van der Waals surface area contributed by atoms with Crippen LogP contribution in [0.5, 0.6) is 0 Å². The van der Waals surface area contributed by atoms with E-state index in [9.17, 15) is 0 Å². The van der Waals surface area contributed by atoms with E-state index in [1.54, 1.807) is 0 Å². The van der Waals surface area contributed by atoms with E-state index in [4.69, 9.17) is 0 Å². The summed E-state index contributed by atoms with van der Waals surface area (Å²) < 4.78 is 0. The first-order valence-electron chi connectivity index (χ1n) is 6.68. The van der Waals surface area contributed by atoms with Crippen LogP contribution in [0.25, 0.3) is 0 Å². The molecule has 1 heteroatoms. The molecule has 0 atom stereocenters. The average Bonchev–Trinajstić information content (AvgIpc) is 2.27. The molecule has 0 rings (SSSR count). The number of hydrogen-bond acceptors (Lipinski definition) is 1. The third-order valence-corrected chi connectivity index (χ3v) is 2.98. The molecule has 0 amide bonds. The van der Waals surface area contributed by atoms with E-state index < -0.39 is 0 Å². The minimum Gasteiger partial charge on any atom is -0.304 e. The minimum absolute atomic E-state index is 1.21. The Morgan fingerprint density at radius 1 is 0.867 bits per heavy atom. The van der Waals surface area contributed by atoms with Gasteiger partial charge in [-0.3, -0.25) is 0 Å². The highest BCUT2D eigenvalue weighted by Gasteiger charge is 1.97. The summed E-state index contributed by atoms with van der Waals surface area (Å²) in [6.07, 6.45) is 12.7. The fourth-order valence-electron chi connectivity index (χ4n) is 1.83. The number of allylic oxidation sites excluding steroid dienone is 2. The molecule has 0 aliphatic heterocycles. The fraction of sp³-hybridized carbons (Fsp3) is 0.857. The maximum Gasteiger partial charge on any atom is -0.00190 e. The van der Waals surface area contributed by atoms with Crippen LogP contribution < -0.4 is 0 Å². The van der Waals surface area contributed by atoms with Crippen LogP contribution >= 0.6 is 0 Å². The molecule has 0 radical (unpaired) electrons. The number of unbranched alkanes of at least 4 members (excludes halogenated alkanes) is 5. The van der Waals surface area contributed by atoms with E-state index in [1.165, 1.54) is 58.2 Å². The highest BCUT2D eigenvalue weighted by molar-refractivity contribution is 4.76. The monoisotopic (exact) mass is 211 g/mol. The van der Waals surface area contributed by atoms with Gasteiger partial charge in [-0.1, -0.05) is 45.3 Å². The quantitative estimate of drug-likeness (QED) is 0.386. The summed E-state index contributed by atoms with van der Waals surface area (Å²) in [6.45, 7) is 10.3. The van der Waals surface area contributed by atoms with E-state index in [0.29, 0.717) is 0 Å². The third kappa shape index (κ3) is 9.99. The van der Waals surface area contributed by atoms with Crippen molar-refractivity contribution in [1.82, 2.24) is 4.90 Å². The van der Waals surface area contributed by atoms with Crippen molar-refractivity contribution in [2.24, 2.45) is 0 Å². The number of nitrogens with zero attached hydrogens (tertiary/aromatic N) is 1. The molecule has 90 valence electrons. The Hall–Kier alpha value is -0.300. The fourth-order valence-corrected chi connectivity index (χ4v) is 1.83. The Balaban J connectivity index is 3.10. The largest absolute Gasteiger partial charge is 0.304 e. The Morgan fingerprint density at radius 3 is 2.07 bits per heavy atom. The van der Waals surface area contributed by atoms with Crippen LogP contribution in [0, 0.1) is 0 Å². The van der Waals surface area contributed by atoms with Gasteiger partial charge >= 0.3 is 0 Å². The Labute approximate surface area is 96.6 Å². The van der Waals surface area contributed by atoms with Crippen molar-refractivity contribution in [2.75, 3.05) is 19.6 Å². The first-order chi connectivity index (χ1) is 7.35. The van der Waals surface area contributed by atoms with Gasteiger partial charge in [0.15, 0.2) is 0 Å². The van der Waals surface area contributed by atoms with E-state index in [2.05, 4.69) is 37.8 Å². The van der Waals surface area contributed by atoms with Gasteiger partial charge in [-0.05, 0) is 45.8 Å². The second-order valence-electron chi connectivity index (χ2n) is 4.15. The van der Waals surface area contributed by atoms with Crippen molar-refractivity contribution in [3.05, 3.63) is 12.2 Å². The Bertz CT molecular complexity index is 136. The van der Waals surface area contributed by atoms with Gasteiger partial charge in [0.2, 0.25) is 0 Å². The molecule has 15 heavy (non-hydrogen) atoms. The topological polar surface area (TPSA) is 3.24 Å². The zero-order chi connectivity index (χ0) is 11.4. The standard InChI is InChI=1S/C14H29N/c1-4-7-8-9-10-11-12-13-14-15(5-2)6-3/h4,7H,5-6,8-14H2,1-3H3/b7-4+. The first kappa shape index (κ1) is 14.7. The normalized spacial score (nSPS) is 11.7. The SMILES string of the molecule is C/C=C/CCCCCCCN(CC)CC. The molecule has 0 aliphatic carbocycles. The molecule has 0 aliphatic rings. The van der Waals surface area contributed by atoms with Crippen molar-refractivity contribution in [2.45, 2.75) is 59.3 Å². The molecule has 0 bridgehead atoms. The zero-order valence-corrected chi connectivity index (χ0v) is 11.0. The van der Waals surface area contributed by atoms with Crippen molar-refractivity contribution < 1.29 is 0 Å². The predicted molar refractivity (Wildman–Crippen MR) is 70.3 cm³/mol. The van der Waals surface area contributed by atoms with Crippen LogP contribution in [0.1, 0.15) is 59.3 Å². The highest BCUT2D eigenvalue weighted by atomic mass is 15.1. The molecule has 0 saturated heterocycles. The average molecular weight is 211 g/mol. The van der Waals surface area contributed by atoms with Gasteiger partial charge in [-0.25, -0.2) is 0 Å². The van der Waals surface area contributed by atoms with Gasteiger partial charge in [0.25, 0.3) is 0 Å². The van der Waals surface area contributed by atoms with Crippen molar-refractivity contribution >= 4 is 0 Å². The molecular weight excluding hydrogens is 182 g/mol. The van der Waals surface area contributed by atoms with Gasteiger partial charge in [0, 0.05) is 0 Å². The Kier molecular flexibility index (Phi) is 11.5. The van der Waals surface area contributed by atoms with Gasteiger partial charge in [-0.15, -0.1) is 0 Å². The third-order valence-electron chi connectivity index (χ3n) is 2.98. The number of rotatable bonds is 10. The Morgan fingerprint density at radius 2 is 1.47 bits per heavy atom.